The van der Waals surface area contributed by atoms with E-state index in [-0.39, 0.29) is 11.5 Å². The second kappa shape index (κ2) is 6.77. The Kier molecular flexibility index (Phi) is 5.03. The molecule has 2 nitrogen and oxygen atoms in total. The van der Waals surface area contributed by atoms with Crippen molar-refractivity contribution in [2.24, 2.45) is 5.73 Å². The highest BCUT2D eigenvalue weighted by Crippen LogP contribution is 2.42. The van der Waals surface area contributed by atoms with Crippen LogP contribution in [0.3, 0.4) is 0 Å². The molecule has 0 aromatic heterocycles. The highest BCUT2D eigenvalue weighted by Gasteiger charge is 2.36. The van der Waals surface area contributed by atoms with Crippen LogP contribution in [0.1, 0.15) is 43.9 Å². The summed E-state index contributed by atoms with van der Waals surface area (Å²) in [5.74, 6) is 0.858. The average Bonchev–Trinajstić information content (AvgIpc) is 2.57. The van der Waals surface area contributed by atoms with Gasteiger partial charge in [0.1, 0.15) is 5.75 Å². The van der Waals surface area contributed by atoms with Crippen LogP contribution in [0.2, 0.25) is 0 Å². The minimum absolute atomic E-state index is 0.0480. The first-order valence-corrected chi connectivity index (χ1v) is 7.63. The number of rotatable bonds is 6. The fourth-order valence-electron chi connectivity index (χ4n) is 3.20. The Morgan fingerprint density at radius 3 is 2.24 bits per heavy atom. The molecule has 2 aromatic rings. The van der Waals surface area contributed by atoms with Crippen LogP contribution in [0.5, 0.6) is 5.75 Å². The second-order valence-corrected chi connectivity index (χ2v) is 5.48. The number of methoxy groups -OCH3 is 1. The third kappa shape index (κ3) is 2.96. The summed E-state index contributed by atoms with van der Waals surface area (Å²) >= 11 is 0. The van der Waals surface area contributed by atoms with E-state index >= 15 is 0 Å². The topological polar surface area (TPSA) is 35.2 Å². The molecule has 112 valence electrons. The molecule has 0 fully saturated rings. The fourth-order valence-corrected chi connectivity index (χ4v) is 3.20. The third-order valence-electron chi connectivity index (χ3n) is 4.66. The van der Waals surface area contributed by atoms with Gasteiger partial charge in [-0.3, -0.25) is 0 Å². The lowest BCUT2D eigenvalue weighted by Gasteiger charge is -2.38. The fraction of sp³-hybridized carbons (Fsp3) is 0.368. The molecule has 0 saturated carbocycles. The standard InChI is InChI=1S/C19H25NO/c1-4-19(5-2,16-11-7-6-8-12-16)18(20)15-10-9-13-17(14-15)21-3/h6-14,18H,4-5,20H2,1-3H3. The number of benzene rings is 2. The first-order chi connectivity index (χ1) is 10.2. The maximum Gasteiger partial charge on any atom is 0.119 e. The van der Waals surface area contributed by atoms with E-state index in [2.05, 4.69) is 50.2 Å². The Bertz CT molecular complexity index is 561. The summed E-state index contributed by atoms with van der Waals surface area (Å²) in [5.41, 5.74) is 9.08. The van der Waals surface area contributed by atoms with Gasteiger partial charge in [-0.05, 0) is 36.1 Å². The number of hydrogen-bond acceptors (Lipinski definition) is 2. The molecular formula is C19H25NO. The summed E-state index contributed by atoms with van der Waals surface area (Å²) in [5, 5.41) is 0. The normalized spacial score (nSPS) is 13.0. The van der Waals surface area contributed by atoms with Gasteiger partial charge in [0, 0.05) is 11.5 Å². The summed E-state index contributed by atoms with van der Waals surface area (Å²) in [6, 6.07) is 18.7. The van der Waals surface area contributed by atoms with E-state index in [9.17, 15) is 0 Å². The molecule has 0 saturated heterocycles. The van der Waals surface area contributed by atoms with E-state index < -0.39 is 0 Å². The van der Waals surface area contributed by atoms with E-state index in [0.29, 0.717) is 0 Å². The maximum atomic E-state index is 6.70. The summed E-state index contributed by atoms with van der Waals surface area (Å²) in [6.45, 7) is 4.44. The average molecular weight is 283 g/mol. The predicted octanol–water partition coefficient (Wildman–Crippen LogP) is 4.45. The Hall–Kier alpha value is -1.80. The van der Waals surface area contributed by atoms with Crippen molar-refractivity contribution < 1.29 is 4.74 Å². The van der Waals surface area contributed by atoms with Crippen molar-refractivity contribution in [3.05, 3.63) is 65.7 Å². The molecule has 0 bridgehead atoms. The quantitative estimate of drug-likeness (QED) is 0.850. The molecule has 2 N–H and O–H groups in total. The van der Waals surface area contributed by atoms with Gasteiger partial charge in [0.15, 0.2) is 0 Å². The maximum absolute atomic E-state index is 6.70. The lowest BCUT2D eigenvalue weighted by atomic mass is 9.68. The molecule has 0 aliphatic heterocycles. The van der Waals surface area contributed by atoms with Gasteiger partial charge in [-0.25, -0.2) is 0 Å². The van der Waals surface area contributed by atoms with Crippen molar-refractivity contribution >= 4 is 0 Å². The van der Waals surface area contributed by atoms with Crippen molar-refractivity contribution in [3.63, 3.8) is 0 Å². The van der Waals surface area contributed by atoms with Gasteiger partial charge >= 0.3 is 0 Å². The van der Waals surface area contributed by atoms with Gasteiger partial charge in [0.05, 0.1) is 7.11 Å². The number of hydrogen-bond donors (Lipinski definition) is 1. The minimum Gasteiger partial charge on any atom is -0.497 e. The smallest absolute Gasteiger partial charge is 0.119 e. The minimum atomic E-state index is -0.0509. The summed E-state index contributed by atoms with van der Waals surface area (Å²) in [4.78, 5) is 0. The van der Waals surface area contributed by atoms with E-state index in [1.54, 1.807) is 7.11 Å². The molecule has 0 aliphatic rings. The molecule has 2 heteroatoms. The lowest BCUT2D eigenvalue weighted by molar-refractivity contribution is 0.321. The zero-order chi connectivity index (χ0) is 15.3. The van der Waals surface area contributed by atoms with Crippen LogP contribution in [0.25, 0.3) is 0 Å². The molecular weight excluding hydrogens is 258 g/mol. The van der Waals surface area contributed by atoms with E-state index in [1.807, 2.05) is 18.2 Å². The van der Waals surface area contributed by atoms with Gasteiger partial charge < -0.3 is 10.5 Å². The van der Waals surface area contributed by atoms with Gasteiger partial charge in [-0.1, -0.05) is 56.3 Å². The van der Waals surface area contributed by atoms with Crippen LogP contribution in [0, 0.1) is 0 Å². The summed E-state index contributed by atoms with van der Waals surface area (Å²) in [7, 11) is 1.69. The van der Waals surface area contributed by atoms with Crippen molar-refractivity contribution in [2.45, 2.75) is 38.1 Å². The van der Waals surface area contributed by atoms with Crippen LogP contribution in [-0.4, -0.2) is 7.11 Å². The first kappa shape index (κ1) is 15.6. The molecule has 0 spiro atoms. The van der Waals surface area contributed by atoms with Crippen LogP contribution >= 0.6 is 0 Å². The third-order valence-corrected chi connectivity index (χ3v) is 4.66. The Morgan fingerprint density at radius 1 is 1.00 bits per heavy atom. The molecule has 1 unspecified atom stereocenters. The zero-order valence-electron chi connectivity index (χ0n) is 13.2. The van der Waals surface area contributed by atoms with E-state index in [0.717, 1.165) is 24.2 Å². The Morgan fingerprint density at radius 2 is 1.67 bits per heavy atom. The molecule has 0 radical (unpaired) electrons. The molecule has 0 aliphatic carbocycles. The molecule has 0 amide bonds. The number of nitrogens with two attached hydrogens (primary N) is 1. The Balaban J connectivity index is 2.46. The van der Waals surface area contributed by atoms with Crippen LogP contribution in [0.15, 0.2) is 54.6 Å². The molecule has 2 rings (SSSR count). The van der Waals surface area contributed by atoms with Crippen LogP contribution < -0.4 is 10.5 Å². The monoisotopic (exact) mass is 283 g/mol. The van der Waals surface area contributed by atoms with Crippen LogP contribution in [-0.2, 0) is 5.41 Å². The summed E-state index contributed by atoms with van der Waals surface area (Å²) < 4.78 is 5.34. The second-order valence-electron chi connectivity index (χ2n) is 5.48. The van der Waals surface area contributed by atoms with E-state index in [1.165, 1.54) is 5.56 Å². The largest absolute Gasteiger partial charge is 0.497 e. The van der Waals surface area contributed by atoms with Crippen LogP contribution in [0.4, 0.5) is 0 Å². The SMILES string of the molecule is CCC(CC)(c1ccccc1)C(N)c1cccc(OC)c1. The van der Waals surface area contributed by atoms with Gasteiger partial charge in [0.25, 0.3) is 0 Å². The van der Waals surface area contributed by atoms with Crippen molar-refractivity contribution in [3.8, 4) is 5.75 Å². The van der Waals surface area contributed by atoms with Gasteiger partial charge in [-0.2, -0.15) is 0 Å². The van der Waals surface area contributed by atoms with Gasteiger partial charge in [0.2, 0.25) is 0 Å². The predicted molar refractivity (Wildman–Crippen MR) is 88.6 cm³/mol. The van der Waals surface area contributed by atoms with Crippen molar-refractivity contribution in [1.29, 1.82) is 0 Å². The first-order valence-electron chi connectivity index (χ1n) is 7.63. The highest BCUT2D eigenvalue weighted by molar-refractivity contribution is 5.36. The van der Waals surface area contributed by atoms with Crippen molar-refractivity contribution in [2.75, 3.05) is 7.11 Å². The lowest BCUT2D eigenvalue weighted by Crippen LogP contribution is -2.37. The molecule has 21 heavy (non-hydrogen) atoms. The van der Waals surface area contributed by atoms with Gasteiger partial charge in [-0.15, -0.1) is 0 Å². The Labute approximate surface area is 127 Å². The van der Waals surface area contributed by atoms with E-state index in [4.69, 9.17) is 10.5 Å². The van der Waals surface area contributed by atoms with Crippen molar-refractivity contribution in [1.82, 2.24) is 0 Å². The highest BCUT2D eigenvalue weighted by atomic mass is 16.5. The molecule has 0 heterocycles. The summed E-state index contributed by atoms with van der Waals surface area (Å²) in [6.07, 6.45) is 2.01. The molecule has 1 atom stereocenters. The number of ether oxygens (including phenoxy) is 1. The zero-order valence-corrected chi connectivity index (χ0v) is 13.2. The molecule has 2 aromatic carbocycles.